The molecule has 4 heteroatoms. The zero-order valence-electron chi connectivity index (χ0n) is 10.5. The van der Waals surface area contributed by atoms with Crippen molar-refractivity contribution in [3.05, 3.63) is 29.6 Å². The Morgan fingerprint density at radius 2 is 2.17 bits per heavy atom. The molecule has 0 amide bonds. The molecule has 18 heavy (non-hydrogen) atoms. The number of rotatable bonds is 5. The molecule has 1 fully saturated rings. The van der Waals surface area contributed by atoms with Crippen LogP contribution in [0.3, 0.4) is 0 Å². The summed E-state index contributed by atoms with van der Waals surface area (Å²) in [6.07, 6.45) is 7.89. The number of hydrogen-bond acceptors (Lipinski definition) is 3. The normalized spacial score (nSPS) is 16.7. The second-order valence-electron chi connectivity index (χ2n) is 4.84. The third-order valence-electron chi connectivity index (χ3n) is 3.43. The zero-order valence-corrected chi connectivity index (χ0v) is 10.5. The molecule has 1 aliphatic rings. The quantitative estimate of drug-likeness (QED) is 0.871. The molecule has 1 aromatic heterocycles. The number of carboxylic acids is 1. The van der Waals surface area contributed by atoms with Crippen LogP contribution in [0.15, 0.2) is 18.3 Å². The molecular formula is C14H19NO3. The number of aromatic nitrogens is 1. The van der Waals surface area contributed by atoms with Crippen LogP contribution in [0.4, 0.5) is 0 Å². The first kappa shape index (κ1) is 13.0. The summed E-state index contributed by atoms with van der Waals surface area (Å²) in [5.41, 5.74) is 0.752. The third kappa shape index (κ3) is 3.53. The van der Waals surface area contributed by atoms with Crippen molar-refractivity contribution in [3.63, 3.8) is 0 Å². The number of aromatic carboxylic acids is 1. The minimum atomic E-state index is -0.994. The summed E-state index contributed by atoms with van der Waals surface area (Å²) in [7, 11) is 0. The molecule has 0 aliphatic heterocycles. The summed E-state index contributed by atoms with van der Waals surface area (Å²) in [5, 5.41) is 9.00. The lowest BCUT2D eigenvalue weighted by molar-refractivity contribution is 0.0645. The Bertz CT molecular complexity index is 400. The number of pyridine rings is 1. The fourth-order valence-electron chi connectivity index (χ4n) is 2.44. The molecule has 0 radical (unpaired) electrons. The molecule has 0 unspecified atom stereocenters. The maximum absolute atomic E-state index is 11.0. The van der Waals surface area contributed by atoms with Crippen LogP contribution in [0.5, 0.6) is 0 Å². The van der Waals surface area contributed by atoms with Crippen LogP contribution in [-0.2, 0) is 11.3 Å². The highest BCUT2D eigenvalue weighted by molar-refractivity contribution is 5.86. The molecule has 98 valence electrons. The molecule has 0 bridgehead atoms. The van der Waals surface area contributed by atoms with E-state index in [0.29, 0.717) is 18.1 Å². The Kier molecular flexibility index (Phi) is 4.70. The molecule has 1 heterocycles. The van der Waals surface area contributed by atoms with E-state index in [1.54, 1.807) is 12.1 Å². The van der Waals surface area contributed by atoms with Gasteiger partial charge in [0.15, 0.2) is 5.69 Å². The van der Waals surface area contributed by atoms with Gasteiger partial charge in [-0.15, -0.1) is 0 Å². The molecule has 1 saturated carbocycles. The standard InChI is InChI=1S/C14H19NO3/c16-14(17)13-12(7-4-8-15-13)10-18-9-11-5-2-1-3-6-11/h4,7-8,11H,1-3,5-6,9-10H2,(H,16,17). The van der Waals surface area contributed by atoms with Crippen LogP contribution in [-0.4, -0.2) is 22.7 Å². The molecule has 2 rings (SSSR count). The van der Waals surface area contributed by atoms with Gasteiger partial charge in [-0.1, -0.05) is 25.3 Å². The van der Waals surface area contributed by atoms with Crippen molar-refractivity contribution >= 4 is 5.97 Å². The highest BCUT2D eigenvalue weighted by Gasteiger charge is 2.15. The minimum absolute atomic E-state index is 0.0983. The Hall–Kier alpha value is -1.42. The van der Waals surface area contributed by atoms with E-state index >= 15 is 0 Å². The fraction of sp³-hybridized carbons (Fsp3) is 0.571. The fourth-order valence-corrected chi connectivity index (χ4v) is 2.44. The van der Waals surface area contributed by atoms with E-state index in [0.717, 1.165) is 6.61 Å². The SMILES string of the molecule is O=C(O)c1ncccc1COCC1CCCCC1. The second-order valence-corrected chi connectivity index (χ2v) is 4.84. The van der Waals surface area contributed by atoms with E-state index in [-0.39, 0.29) is 5.69 Å². The van der Waals surface area contributed by atoms with Crippen molar-refractivity contribution < 1.29 is 14.6 Å². The van der Waals surface area contributed by atoms with Gasteiger partial charge in [0.1, 0.15) is 0 Å². The van der Waals surface area contributed by atoms with Crippen LogP contribution in [0.25, 0.3) is 0 Å². The van der Waals surface area contributed by atoms with Crippen molar-refractivity contribution in [2.75, 3.05) is 6.61 Å². The highest BCUT2D eigenvalue weighted by Crippen LogP contribution is 2.24. The van der Waals surface area contributed by atoms with Crippen LogP contribution >= 0.6 is 0 Å². The van der Waals surface area contributed by atoms with Gasteiger partial charge < -0.3 is 9.84 Å². The predicted octanol–water partition coefficient (Wildman–Crippen LogP) is 2.88. The Morgan fingerprint density at radius 3 is 2.89 bits per heavy atom. The number of carboxylic acid groups (broad SMARTS) is 1. The number of hydrogen-bond donors (Lipinski definition) is 1. The average Bonchev–Trinajstić information content (AvgIpc) is 2.40. The molecule has 1 N–H and O–H groups in total. The van der Waals surface area contributed by atoms with Gasteiger partial charge in [-0.3, -0.25) is 0 Å². The van der Waals surface area contributed by atoms with Crippen molar-refractivity contribution in [1.29, 1.82) is 0 Å². The van der Waals surface area contributed by atoms with Gasteiger partial charge >= 0.3 is 5.97 Å². The minimum Gasteiger partial charge on any atom is -0.477 e. The summed E-state index contributed by atoms with van der Waals surface area (Å²) in [5.74, 6) is -0.351. The largest absolute Gasteiger partial charge is 0.477 e. The predicted molar refractivity (Wildman–Crippen MR) is 67.4 cm³/mol. The monoisotopic (exact) mass is 249 g/mol. The van der Waals surface area contributed by atoms with Crippen molar-refractivity contribution in [1.82, 2.24) is 4.98 Å². The van der Waals surface area contributed by atoms with Crippen LogP contribution < -0.4 is 0 Å². The lowest BCUT2D eigenvalue weighted by Gasteiger charge is -2.21. The van der Waals surface area contributed by atoms with Crippen molar-refractivity contribution in [2.45, 2.75) is 38.7 Å². The van der Waals surface area contributed by atoms with Crippen molar-refractivity contribution in [2.24, 2.45) is 5.92 Å². The summed E-state index contributed by atoms with van der Waals surface area (Å²) in [6.45, 7) is 1.07. The molecule has 0 aromatic carbocycles. The van der Waals surface area contributed by atoms with Crippen molar-refractivity contribution in [3.8, 4) is 0 Å². The molecule has 0 spiro atoms. The smallest absolute Gasteiger partial charge is 0.354 e. The maximum atomic E-state index is 11.0. The highest BCUT2D eigenvalue weighted by atomic mass is 16.5. The lowest BCUT2D eigenvalue weighted by atomic mass is 9.90. The third-order valence-corrected chi connectivity index (χ3v) is 3.43. The average molecular weight is 249 g/mol. The summed E-state index contributed by atoms with van der Waals surface area (Å²) < 4.78 is 5.65. The maximum Gasteiger partial charge on any atom is 0.354 e. The molecule has 1 aliphatic carbocycles. The first-order valence-electron chi connectivity index (χ1n) is 6.52. The molecular weight excluding hydrogens is 230 g/mol. The van der Waals surface area contributed by atoms with E-state index < -0.39 is 5.97 Å². The van der Waals surface area contributed by atoms with E-state index in [9.17, 15) is 4.79 Å². The lowest BCUT2D eigenvalue weighted by Crippen LogP contribution is -2.14. The second kappa shape index (κ2) is 6.50. The molecule has 4 nitrogen and oxygen atoms in total. The summed E-state index contributed by atoms with van der Waals surface area (Å²) in [6, 6.07) is 3.50. The van der Waals surface area contributed by atoms with Gasteiger partial charge in [0.2, 0.25) is 0 Å². The van der Waals surface area contributed by atoms with Crippen LogP contribution in [0.2, 0.25) is 0 Å². The first-order chi connectivity index (χ1) is 8.77. The number of nitrogens with zero attached hydrogens (tertiary/aromatic N) is 1. The zero-order chi connectivity index (χ0) is 12.8. The van der Waals surface area contributed by atoms with Gasteiger partial charge in [0.05, 0.1) is 6.61 Å². The van der Waals surface area contributed by atoms with Gasteiger partial charge in [0, 0.05) is 18.4 Å². The molecule has 1 aromatic rings. The van der Waals surface area contributed by atoms with Gasteiger partial charge in [-0.05, 0) is 24.8 Å². The Labute approximate surface area is 107 Å². The van der Waals surface area contributed by atoms with Gasteiger partial charge in [-0.25, -0.2) is 9.78 Å². The summed E-state index contributed by atoms with van der Waals surface area (Å²) >= 11 is 0. The Balaban J connectivity index is 1.84. The number of carbonyl (C=O) groups is 1. The molecule has 0 atom stereocenters. The molecule has 0 saturated heterocycles. The van der Waals surface area contributed by atoms with E-state index in [1.807, 2.05) is 0 Å². The van der Waals surface area contributed by atoms with Crippen LogP contribution in [0, 0.1) is 5.92 Å². The van der Waals surface area contributed by atoms with Crippen LogP contribution in [0.1, 0.15) is 48.2 Å². The summed E-state index contributed by atoms with van der Waals surface area (Å²) in [4.78, 5) is 14.8. The van der Waals surface area contributed by atoms with E-state index in [4.69, 9.17) is 9.84 Å². The Morgan fingerprint density at radius 1 is 1.39 bits per heavy atom. The number of ether oxygens (including phenoxy) is 1. The van der Waals surface area contributed by atoms with E-state index in [1.165, 1.54) is 38.3 Å². The van der Waals surface area contributed by atoms with E-state index in [2.05, 4.69) is 4.98 Å². The van der Waals surface area contributed by atoms with Gasteiger partial charge in [-0.2, -0.15) is 0 Å². The van der Waals surface area contributed by atoms with Gasteiger partial charge in [0.25, 0.3) is 0 Å². The first-order valence-corrected chi connectivity index (χ1v) is 6.52. The topological polar surface area (TPSA) is 59.4 Å².